The molecule has 0 aliphatic carbocycles. The van der Waals surface area contributed by atoms with Crippen LogP contribution < -0.4 is 5.32 Å². The molecule has 1 atom stereocenters. The molecule has 0 bridgehead atoms. The van der Waals surface area contributed by atoms with E-state index >= 15 is 0 Å². The lowest BCUT2D eigenvalue weighted by Crippen LogP contribution is -2.50. The molecule has 0 spiro atoms. The fraction of sp³-hybridized carbons (Fsp3) is 0.500. The van der Waals surface area contributed by atoms with Crippen molar-refractivity contribution in [3.05, 3.63) is 35.9 Å². The van der Waals surface area contributed by atoms with Gasteiger partial charge >= 0.3 is 6.18 Å². The van der Waals surface area contributed by atoms with Gasteiger partial charge in [0.05, 0.1) is 12.6 Å². The summed E-state index contributed by atoms with van der Waals surface area (Å²) in [5.74, 6) is 0. The molecular weight excluding hydrogens is 267 g/mol. The number of hydrogen-bond acceptors (Lipinski definition) is 3. The smallest absolute Gasteiger partial charge is 0.295 e. The summed E-state index contributed by atoms with van der Waals surface area (Å²) in [4.78, 5) is 1.11. The zero-order chi connectivity index (χ0) is 15.2. The van der Waals surface area contributed by atoms with Gasteiger partial charge in [0.2, 0.25) is 0 Å². The number of likely N-dealkylation sites (N-methyl/N-ethyl adjacent to an activating group) is 2. The average Bonchev–Trinajstić information content (AvgIpc) is 2.37. The van der Waals surface area contributed by atoms with Crippen LogP contribution in [0.1, 0.15) is 12.5 Å². The maximum Gasteiger partial charge on any atom is 0.401 e. The van der Waals surface area contributed by atoms with Crippen molar-refractivity contribution in [2.24, 2.45) is 0 Å². The summed E-state index contributed by atoms with van der Waals surface area (Å²) in [6.45, 7) is 1.22. The van der Waals surface area contributed by atoms with E-state index in [0.29, 0.717) is 12.1 Å². The first-order valence-corrected chi connectivity index (χ1v) is 6.30. The first kappa shape index (κ1) is 16.5. The van der Waals surface area contributed by atoms with E-state index in [1.807, 2.05) is 6.92 Å². The van der Waals surface area contributed by atoms with Crippen molar-refractivity contribution in [1.82, 2.24) is 10.2 Å². The monoisotopic (exact) mass is 285 g/mol. The van der Waals surface area contributed by atoms with Crippen molar-refractivity contribution in [1.29, 1.82) is 5.26 Å². The first-order chi connectivity index (χ1) is 9.33. The summed E-state index contributed by atoms with van der Waals surface area (Å²) in [5, 5.41) is 12.5. The van der Waals surface area contributed by atoms with Crippen molar-refractivity contribution in [3.63, 3.8) is 0 Å². The lowest BCUT2D eigenvalue weighted by Gasteiger charge is -2.32. The third-order valence-corrected chi connectivity index (χ3v) is 2.89. The van der Waals surface area contributed by atoms with Crippen LogP contribution in [0.2, 0.25) is 0 Å². The predicted molar refractivity (Wildman–Crippen MR) is 71.0 cm³/mol. The zero-order valence-electron chi connectivity index (χ0n) is 11.5. The van der Waals surface area contributed by atoms with E-state index in [9.17, 15) is 18.4 Å². The summed E-state index contributed by atoms with van der Waals surface area (Å²) in [7, 11) is 1.36. The quantitative estimate of drug-likeness (QED) is 0.873. The van der Waals surface area contributed by atoms with E-state index < -0.39 is 18.3 Å². The number of benzene rings is 1. The molecule has 6 heteroatoms. The SMILES string of the molecule is CCNC(C#N)(CN(C)CC(F)(F)F)c1ccccc1. The highest BCUT2D eigenvalue weighted by Crippen LogP contribution is 2.23. The molecule has 110 valence electrons. The third-order valence-electron chi connectivity index (χ3n) is 2.89. The molecule has 1 aromatic carbocycles. The van der Waals surface area contributed by atoms with Crippen molar-refractivity contribution >= 4 is 0 Å². The Bertz CT molecular complexity index is 453. The molecule has 0 amide bonds. The van der Waals surface area contributed by atoms with Gasteiger partial charge in [0, 0.05) is 6.54 Å². The van der Waals surface area contributed by atoms with Gasteiger partial charge in [-0.2, -0.15) is 18.4 Å². The highest BCUT2D eigenvalue weighted by molar-refractivity contribution is 5.32. The van der Waals surface area contributed by atoms with Crippen LogP contribution in [-0.2, 0) is 5.54 Å². The molecule has 0 saturated heterocycles. The molecule has 20 heavy (non-hydrogen) atoms. The van der Waals surface area contributed by atoms with E-state index in [2.05, 4.69) is 11.4 Å². The van der Waals surface area contributed by atoms with E-state index in [0.717, 1.165) is 4.90 Å². The first-order valence-electron chi connectivity index (χ1n) is 6.30. The zero-order valence-corrected chi connectivity index (χ0v) is 11.5. The molecule has 3 nitrogen and oxygen atoms in total. The fourth-order valence-electron chi connectivity index (χ4n) is 2.18. The van der Waals surface area contributed by atoms with E-state index in [-0.39, 0.29) is 6.54 Å². The lowest BCUT2D eigenvalue weighted by atomic mass is 9.90. The molecule has 1 unspecified atom stereocenters. The van der Waals surface area contributed by atoms with Gasteiger partial charge in [-0.1, -0.05) is 37.3 Å². The average molecular weight is 285 g/mol. The third kappa shape index (κ3) is 4.51. The highest BCUT2D eigenvalue weighted by atomic mass is 19.4. The topological polar surface area (TPSA) is 39.1 Å². The molecule has 0 aliphatic rings. The van der Waals surface area contributed by atoms with E-state index in [1.54, 1.807) is 30.3 Å². The Labute approximate surface area is 117 Å². The van der Waals surface area contributed by atoms with Gasteiger partial charge in [-0.3, -0.25) is 10.2 Å². The molecule has 0 heterocycles. The predicted octanol–water partition coefficient (Wildman–Crippen LogP) is 2.51. The van der Waals surface area contributed by atoms with Crippen LogP contribution in [0.25, 0.3) is 0 Å². The summed E-state index contributed by atoms with van der Waals surface area (Å²) in [5.41, 5.74) is -0.478. The largest absolute Gasteiger partial charge is 0.401 e. The van der Waals surface area contributed by atoms with Crippen molar-refractivity contribution in [3.8, 4) is 6.07 Å². The summed E-state index contributed by atoms with van der Waals surface area (Å²) in [6, 6.07) is 11.0. The van der Waals surface area contributed by atoms with Crippen LogP contribution in [0.15, 0.2) is 30.3 Å². The van der Waals surface area contributed by atoms with E-state index in [1.165, 1.54) is 7.05 Å². The van der Waals surface area contributed by atoms with Crippen LogP contribution in [0.5, 0.6) is 0 Å². The van der Waals surface area contributed by atoms with Crippen LogP contribution in [-0.4, -0.2) is 37.8 Å². The lowest BCUT2D eigenvalue weighted by molar-refractivity contribution is -0.144. The Hall–Kier alpha value is -1.58. The Balaban J connectivity index is 2.99. The standard InChI is InChI=1S/C14H18F3N3/c1-3-19-13(9-18,12-7-5-4-6-8-12)10-20(2)11-14(15,16)17/h4-8,19H,3,10-11H2,1-2H3. The minimum atomic E-state index is -4.28. The number of halogens is 3. The molecule has 0 fully saturated rings. The van der Waals surface area contributed by atoms with Gasteiger partial charge in [0.1, 0.15) is 5.54 Å². The molecule has 1 N–H and O–H groups in total. The number of nitrogens with zero attached hydrogens (tertiary/aromatic N) is 2. The summed E-state index contributed by atoms with van der Waals surface area (Å²) < 4.78 is 37.3. The van der Waals surface area contributed by atoms with E-state index in [4.69, 9.17) is 0 Å². The number of nitriles is 1. The number of hydrogen-bond donors (Lipinski definition) is 1. The Morgan fingerprint density at radius 3 is 2.25 bits per heavy atom. The van der Waals surface area contributed by atoms with Gasteiger partial charge < -0.3 is 0 Å². The van der Waals surface area contributed by atoms with Crippen molar-refractivity contribution in [2.75, 3.05) is 26.7 Å². The van der Waals surface area contributed by atoms with Crippen molar-refractivity contribution in [2.45, 2.75) is 18.6 Å². The number of alkyl halides is 3. The number of nitrogens with one attached hydrogen (secondary N) is 1. The molecule has 1 aromatic rings. The normalized spacial score (nSPS) is 14.8. The minimum Gasteiger partial charge on any atom is -0.295 e. The van der Waals surface area contributed by atoms with Crippen LogP contribution in [0.4, 0.5) is 13.2 Å². The Morgan fingerprint density at radius 1 is 1.20 bits per heavy atom. The minimum absolute atomic E-state index is 0.0408. The molecular formula is C14H18F3N3. The highest BCUT2D eigenvalue weighted by Gasteiger charge is 2.36. The maximum absolute atomic E-state index is 12.4. The second kappa shape index (κ2) is 6.73. The van der Waals surface area contributed by atoms with Gasteiger partial charge in [0.15, 0.2) is 0 Å². The summed E-state index contributed by atoms with van der Waals surface area (Å²) >= 11 is 0. The Kier molecular flexibility index (Phi) is 5.54. The van der Waals surface area contributed by atoms with Crippen LogP contribution in [0, 0.1) is 11.3 Å². The van der Waals surface area contributed by atoms with Crippen LogP contribution >= 0.6 is 0 Å². The molecule has 0 saturated carbocycles. The molecule has 0 radical (unpaired) electrons. The Morgan fingerprint density at radius 2 is 1.80 bits per heavy atom. The van der Waals surface area contributed by atoms with Gasteiger partial charge in [-0.05, 0) is 19.2 Å². The second-order valence-electron chi connectivity index (χ2n) is 4.70. The fourth-order valence-corrected chi connectivity index (χ4v) is 2.18. The van der Waals surface area contributed by atoms with Crippen molar-refractivity contribution < 1.29 is 13.2 Å². The van der Waals surface area contributed by atoms with Gasteiger partial charge in [0.25, 0.3) is 0 Å². The maximum atomic E-state index is 12.4. The molecule has 1 rings (SSSR count). The molecule has 0 aliphatic heterocycles. The second-order valence-corrected chi connectivity index (χ2v) is 4.70. The van der Waals surface area contributed by atoms with Gasteiger partial charge in [-0.25, -0.2) is 0 Å². The molecule has 0 aromatic heterocycles. The van der Waals surface area contributed by atoms with Crippen LogP contribution in [0.3, 0.4) is 0 Å². The summed E-state index contributed by atoms with van der Waals surface area (Å²) in [6.07, 6.45) is -4.28. The van der Waals surface area contributed by atoms with Gasteiger partial charge in [-0.15, -0.1) is 0 Å². The number of rotatable bonds is 6.